The molecule has 2 saturated carbocycles. The van der Waals surface area contributed by atoms with Crippen molar-refractivity contribution in [2.75, 3.05) is 11.1 Å². The molecule has 0 radical (unpaired) electrons. The van der Waals surface area contributed by atoms with Crippen molar-refractivity contribution < 1.29 is 23.2 Å². The summed E-state index contributed by atoms with van der Waals surface area (Å²) in [5, 5.41) is 16.5. The van der Waals surface area contributed by atoms with Crippen LogP contribution in [0.2, 0.25) is 0 Å². The number of hydrogen-bond donors (Lipinski definition) is 3. The largest absolute Gasteiger partial charge is 0.393 e. The molecule has 4 N–H and O–H groups in total. The van der Waals surface area contributed by atoms with Gasteiger partial charge >= 0.3 is 0 Å². The van der Waals surface area contributed by atoms with Gasteiger partial charge in [-0.3, -0.25) is 10.1 Å². The lowest BCUT2D eigenvalue weighted by molar-refractivity contribution is -0.110. The zero-order valence-corrected chi connectivity index (χ0v) is 19.7. The first kappa shape index (κ1) is 22.7. The van der Waals surface area contributed by atoms with Crippen LogP contribution in [0.15, 0.2) is 46.4 Å². The molecule has 0 bridgehead atoms. The lowest BCUT2D eigenvalue weighted by Crippen LogP contribution is -2.25. The molecule has 178 valence electrons. The molecule has 5 rings (SSSR count). The van der Waals surface area contributed by atoms with E-state index < -0.39 is 21.8 Å². The molecule has 34 heavy (non-hydrogen) atoms. The first-order chi connectivity index (χ1) is 16.3. The minimum atomic E-state index is -3.35. The number of thiazole rings is 1. The number of oxime groups is 1. The van der Waals surface area contributed by atoms with E-state index in [1.54, 1.807) is 24.3 Å². The minimum Gasteiger partial charge on any atom is -0.393 e. The van der Waals surface area contributed by atoms with Crippen LogP contribution in [0.25, 0.3) is 10.3 Å². The summed E-state index contributed by atoms with van der Waals surface area (Å²) in [6, 6.07) is 9.39. The maximum absolute atomic E-state index is 13.2. The molecule has 0 spiro atoms. The van der Waals surface area contributed by atoms with Crippen molar-refractivity contribution in [1.82, 2.24) is 9.97 Å². The molecular formula is C22H23N5O5S2. The predicted molar refractivity (Wildman–Crippen MR) is 128 cm³/mol. The van der Waals surface area contributed by atoms with Crippen molar-refractivity contribution in [3.05, 3.63) is 42.0 Å². The average Bonchev–Trinajstić information content (AvgIpc) is 3.49. The van der Waals surface area contributed by atoms with Crippen LogP contribution in [0.3, 0.4) is 0 Å². The number of sulfone groups is 1. The molecule has 2 aliphatic rings. The van der Waals surface area contributed by atoms with Gasteiger partial charge in [0.15, 0.2) is 20.7 Å². The van der Waals surface area contributed by atoms with Gasteiger partial charge in [-0.2, -0.15) is 0 Å². The maximum Gasteiger partial charge on any atom is 0.280 e. The number of nitrogen functional groups attached to an aromatic ring is 1. The summed E-state index contributed by atoms with van der Waals surface area (Å²) in [4.78, 5) is 28.1. The van der Waals surface area contributed by atoms with E-state index in [9.17, 15) is 18.3 Å². The van der Waals surface area contributed by atoms with Crippen molar-refractivity contribution in [1.29, 1.82) is 0 Å². The number of hydrogen-bond acceptors (Lipinski definition) is 10. The molecule has 2 aromatic heterocycles. The molecule has 12 heteroatoms. The summed E-state index contributed by atoms with van der Waals surface area (Å²) in [5.41, 5.74) is 6.69. The molecule has 2 atom stereocenters. The third-order valence-corrected chi connectivity index (χ3v) is 8.94. The molecule has 10 nitrogen and oxygen atoms in total. The van der Waals surface area contributed by atoms with Crippen LogP contribution in [0.4, 0.5) is 10.9 Å². The Morgan fingerprint density at radius 3 is 2.56 bits per heavy atom. The predicted octanol–water partition coefficient (Wildman–Crippen LogP) is 2.48. The average molecular weight is 502 g/mol. The van der Waals surface area contributed by atoms with Crippen LogP contribution in [-0.4, -0.2) is 52.6 Å². The van der Waals surface area contributed by atoms with Gasteiger partial charge in [0.05, 0.1) is 16.2 Å². The van der Waals surface area contributed by atoms with Gasteiger partial charge in [0.2, 0.25) is 0 Å². The third-order valence-electron chi connectivity index (χ3n) is 5.78. The highest BCUT2D eigenvalue weighted by Gasteiger charge is 2.37. The number of nitrogens with one attached hydrogen (secondary N) is 1. The number of aliphatic hydroxyl groups excluding tert-OH is 1. The summed E-state index contributed by atoms with van der Waals surface area (Å²) in [6.45, 7) is 0. The summed E-state index contributed by atoms with van der Waals surface area (Å²) in [6.07, 6.45) is 2.25. The number of pyridine rings is 1. The fraction of sp³-hybridized carbons (Fsp3) is 0.364. The van der Waals surface area contributed by atoms with Gasteiger partial charge in [0.25, 0.3) is 5.91 Å². The quantitative estimate of drug-likeness (QED) is 0.329. The smallest absolute Gasteiger partial charge is 0.280 e. The standard InChI is InChI=1S/C22H23N5O5S2/c23-18-10-9-17-21(25-18)33-22(24-17)26-20(29)19(27-32-14-4-3-13(28)11-14)12-1-5-15(6-2-12)34(30,31)16-7-8-16/h1-2,5-6,9-10,13-14,16,28H,3-4,7-8,11H2,(H2,23,25)(H,24,26,29)/t13-,14-/m1/s1. The van der Waals surface area contributed by atoms with Crippen molar-refractivity contribution >= 4 is 54.1 Å². The number of benzene rings is 1. The topological polar surface area (TPSA) is 157 Å². The second-order valence-corrected chi connectivity index (χ2v) is 11.6. The monoisotopic (exact) mass is 501 g/mol. The highest BCUT2D eigenvalue weighted by Crippen LogP contribution is 2.33. The lowest BCUT2D eigenvalue weighted by atomic mass is 10.1. The van der Waals surface area contributed by atoms with Crippen LogP contribution >= 0.6 is 11.3 Å². The van der Waals surface area contributed by atoms with Crippen LogP contribution in [-0.2, 0) is 19.5 Å². The zero-order chi connectivity index (χ0) is 23.9. The van der Waals surface area contributed by atoms with E-state index in [0.717, 1.165) is 0 Å². The van der Waals surface area contributed by atoms with E-state index in [0.29, 0.717) is 59.0 Å². The van der Waals surface area contributed by atoms with Gasteiger partial charge in [0.1, 0.15) is 22.3 Å². The molecular weight excluding hydrogens is 478 g/mol. The summed E-state index contributed by atoms with van der Waals surface area (Å²) >= 11 is 1.17. The molecule has 1 aromatic carbocycles. The number of anilines is 2. The van der Waals surface area contributed by atoms with Gasteiger partial charge < -0.3 is 15.7 Å². The van der Waals surface area contributed by atoms with Crippen LogP contribution in [0.5, 0.6) is 0 Å². The second kappa shape index (κ2) is 8.93. The second-order valence-electron chi connectivity index (χ2n) is 8.44. The summed E-state index contributed by atoms with van der Waals surface area (Å²) < 4.78 is 25.0. The van der Waals surface area contributed by atoms with Gasteiger partial charge in [-0.15, -0.1) is 0 Å². The Morgan fingerprint density at radius 2 is 1.88 bits per heavy atom. The van der Waals surface area contributed by atoms with Gasteiger partial charge in [-0.05, 0) is 49.9 Å². The number of rotatable bonds is 7. The van der Waals surface area contributed by atoms with E-state index in [2.05, 4.69) is 20.4 Å². The first-order valence-corrected chi connectivity index (χ1v) is 13.3. The fourth-order valence-electron chi connectivity index (χ4n) is 3.78. The number of amides is 1. The maximum atomic E-state index is 13.2. The number of nitrogens with zero attached hydrogens (tertiary/aromatic N) is 3. The molecule has 0 unspecified atom stereocenters. The number of carbonyl (C=O) groups excluding carboxylic acids is 1. The van der Waals surface area contributed by atoms with Crippen molar-refractivity contribution in [3.8, 4) is 0 Å². The summed E-state index contributed by atoms with van der Waals surface area (Å²) in [5.74, 6) is -0.215. The Bertz CT molecular complexity index is 1370. The zero-order valence-electron chi connectivity index (χ0n) is 18.0. The Hall–Kier alpha value is -3.09. The molecule has 0 saturated heterocycles. The van der Waals surface area contributed by atoms with Gasteiger partial charge in [-0.25, -0.2) is 18.4 Å². The number of aliphatic hydroxyl groups is 1. The van der Waals surface area contributed by atoms with E-state index >= 15 is 0 Å². The minimum absolute atomic E-state index is 0.0245. The molecule has 2 fully saturated rings. The SMILES string of the molecule is Nc1ccc2nc(NC(=O)C(=NO[C@@H]3CC[C@@H](O)C3)c3ccc(S(=O)(=O)C4CC4)cc3)sc2n1. The van der Waals surface area contributed by atoms with Crippen LogP contribution in [0, 0.1) is 0 Å². The third kappa shape index (κ3) is 4.74. The first-order valence-electron chi connectivity index (χ1n) is 10.9. The number of aromatic nitrogens is 2. The summed E-state index contributed by atoms with van der Waals surface area (Å²) in [7, 11) is -3.35. The molecule has 0 aliphatic heterocycles. The molecule has 3 aromatic rings. The van der Waals surface area contributed by atoms with E-state index in [1.807, 2.05) is 0 Å². The Morgan fingerprint density at radius 1 is 1.12 bits per heavy atom. The fourth-order valence-corrected chi connectivity index (χ4v) is 6.28. The van der Waals surface area contributed by atoms with E-state index in [4.69, 9.17) is 10.6 Å². The Labute approximate surface area is 199 Å². The highest BCUT2D eigenvalue weighted by atomic mass is 32.2. The molecule has 1 amide bonds. The Balaban J connectivity index is 1.41. The van der Waals surface area contributed by atoms with Crippen LogP contribution < -0.4 is 11.1 Å². The number of fused-ring (bicyclic) bond motifs is 1. The molecule has 2 aliphatic carbocycles. The van der Waals surface area contributed by atoms with Crippen molar-refractivity contribution in [2.45, 2.75) is 54.5 Å². The van der Waals surface area contributed by atoms with Gasteiger partial charge in [0, 0.05) is 12.0 Å². The number of carbonyl (C=O) groups is 1. The molecule has 2 heterocycles. The van der Waals surface area contributed by atoms with E-state index in [-0.39, 0.29) is 22.0 Å². The normalized spacial score (nSPS) is 21.0. The van der Waals surface area contributed by atoms with Gasteiger partial charge in [-0.1, -0.05) is 28.6 Å². The van der Waals surface area contributed by atoms with E-state index in [1.165, 1.54) is 23.5 Å². The van der Waals surface area contributed by atoms with Crippen molar-refractivity contribution in [2.24, 2.45) is 5.16 Å². The van der Waals surface area contributed by atoms with Crippen LogP contribution in [0.1, 0.15) is 37.7 Å². The highest BCUT2D eigenvalue weighted by molar-refractivity contribution is 7.92. The Kier molecular flexibility index (Phi) is 5.96. The van der Waals surface area contributed by atoms with Crippen molar-refractivity contribution in [3.63, 3.8) is 0 Å². The number of nitrogens with two attached hydrogens (primary N) is 1. The lowest BCUT2D eigenvalue weighted by Gasteiger charge is -2.11.